The fraction of sp³-hybridized carbons (Fsp3) is 0.640. The number of morpholine rings is 1. The van der Waals surface area contributed by atoms with Gasteiger partial charge in [0.2, 0.25) is 5.91 Å². The lowest BCUT2D eigenvalue weighted by Crippen LogP contribution is -2.48. The van der Waals surface area contributed by atoms with E-state index in [0.29, 0.717) is 51.1 Å². The van der Waals surface area contributed by atoms with E-state index < -0.39 is 5.60 Å². The van der Waals surface area contributed by atoms with E-state index in [-0.39, 0.29) is 36.0 Å². The van der Waals surface area contributed by atoms with Crippen LogP contribution in [0.4, 0.5) is 4.79 Å². The molecule has 2 heterocycles. The number of hydrogen-bond donors (Lipinski definition) is 1. The summed E-state index contributed by atoms with van der Waals surface area (Å²) in [5.41, 5.74) is 1.06. The summed E-state index contributed by atoms with van der Waals surface area (Å²) in [7, 11) is 0. The second kappa shape index (κ2) is 10.5. The van der Waals surface area contributed by atoms with Crippen molar-refractivity contribution in [1.82, 2.24) is 15.1 Å². The standard InChI is InChI=1S/C25H37N3O5/c1-17-15-28(16-18(2)32-17)23(30)21-8-6-19(7-9-21)14-26-22(29)20-10-12-27(13-11-20)24(31)33-25(3,4)5/h6-9,17-18,20H,10-16H2,1-5H3,(H,26,29). The smallest absolute Gasteiger partial charge is 0.410 e. The molecule has 3 rings (SSSR count). The van der Waals surface area contributed by atoms with Crippen LogP contribution in [0.3, 0.4) is 0 Å². The topological polar surface area (TPSA) is 88.2 Å². The summed E-state index contributed by atoms with van der Waals surface area (Å²) in [6.45, 7) is 12.1. The quantitative estimate of drug-likeness (QED) is 0.747. The number of nitrogens with zero attached hydrogens (tertiary/aromatic N) is 2. The average molecular weight is 460 g/mol. The second-order valence-corrected chi connectivity index (χ2v) is 10.1. The van der Waals surface area contributed by atoms with Crippen LogP contribution >= 0.6 is 0 Å². The van der Waals surface area contributed by atoms with Crippen molar-refractivity contribution in [3.8, 4) is 0 Å². The highest BCUT2D eigenvalue weighted by atomic mass is 16.6. The lowest BCUT2D eigenvalue weighted by atomic mass is 9.96. The van der Waals surface area contributed by atoms with Crippen LogP contribution in [0.15, 0.2) is 24.3 Å². The van der Waals surface area contributed by atoms with Gasteiger partial charge in [0, 0.05) is 44.2 Å². The molecule has 33 heavy (non-hydrogen) atoms. The van der Waals surface area contributed by atoms with Gasteiger partial charge in [0.15, 0.2) is 0 Å². The Bertz CT molecular complexity index is 831. The maximum atomic E-state index is 12.8. The first-order valence-corrected chi connectivity index (χ1v) is 11.8. The molecule has 0 saturated carbocycles. The molecule has 3 amide bonds. The van der Waals surface area contributed by atoms with E-state index in [9.17, 15) is 14.4 Å². The van der Waals surface area contributed by atoms with Crippen molar-refractivity contribution in [2.45, 2.75) is 71.8 Å². The molecule has 2 aliphatic heterocycles. The van der Waals surface area contributed by atoms with Crippen molar-refractivity contribution in [3.05, 3.63) is 35.4 Å². The van der Waals surface area contributed by atoms with E-state index in [1.807, 2.05) is 63.8 Å². The number of piperidine rings is 1. The Morgan fingerprint density at radius 1 is 1.00 bits per heavy atom. The molecule has 1 aromatic carbocycles. The molecule has 2 saturated heterocycles. The van der Waals surface area contributed by atoms with Crippen molar-refractivity contribution in [2.75, 3.05) is 26.2 Å². The molecular weight excluding hydrogens is 422 g/mol. The summed E-state index contributed by atoms with van der Waals surface area (Å²) in [4.78, 5) is 41.1. The number of likely N-dealkylation sites (tertiary alicyclic amines) is 1. The van der Waals surface area contributed by atoms with Crippen LogP contribution in [0.1, 0.15) is 63.4 Å². The Morgan fingerprint density at radius 2 is 1.58 bits per heavy atom. The van der Waals surface area contributed by atoms with Gasteiger partial charge in [0.25, 0.3) is 5.91 Å². The summed E-state index contributed by atoms with van der Waals surface area (Å²) in [6.07, 6.45) is 0.979. The van der Waals surface area contributed by atoms with Gasteiger partial charge in [-0.15, -0.1) is 0 Å². The number of carbonyl (C=O) groups is 3. The van der Waals surface area contributed by atoms with E-state index in [4.69, 9.17) is 9.47 Å². The van der Waals surface area contributed by atoms with Gasteiger partial charge in [-0.05, 0) is 65.2 Å². The van der Waals surface area contributed by atoms with Crippen molar-refractivity contribution >= 4 is 17.9 Å². The zero-order valence-electron chi connectivity index (χ0n) is 20.4. The molecule has 0 aromatic heterocycles. The number of carbonyl (C=O) groups excluding carboxylic acids is 3. The Hall–Kier alpha value is -2.61. The summed E-state index contributed by atoms with van der Waals surface area (Å²) in [5.74, 6) is -0.116. The zero-order chi connectivity index (χ0) is 24.2. The van der Waals surface area contributed by atoms with E-state index in [1.54, 1.807) is 4.90 Å². The Morgan fingerprint density at radius 3 is 2.12 bits per heavy atom. The monoisotopic (exact) mass is 459 g/mol. The number of ether oxygens (including phenoxy) is 2. The molecule has 2 unspecified atom stereocenters. The van der Waals surface area contributed by atoms with Crippen molar-refractivity contribution < 1.29 is 23.9 Å². The van der Waals surface area contributed by atoms with E-state index in [1.165, 1.54) is 0 Å². The fourth-order valence-corrected chi connectivity index (χ4v) is 4.28. The van der Waals surface area contributed by atoms with Gasteiger partial charge in [-0.3, -0.25) is 9.59 Å². The summed E-state index contributed by atoms with van der Waals surface area (Å²) in [5, 5.41) is 2.99. The Kier molecular flexibility index (Phi) is 8.00. The van der Waals surface area contributed by atoms with Crippen LogP contribution in [0.25, 0.3) is 0 Å². The third-order valence-corrected chi connectivity index (χ3v) is 5.89. The molecule has 0 aliphatic carbocycles. The molecule has 2 aliphatic rings. The summed E-state index contributed by atoms with van der Waals surface area (Å²) in [6, 6.07) is 7.39. The van der Waals surface area contributed by atoms with Crippen molar-refractivity contribution in [1.29, 1.82) is 0 Å². The predicted molar refractivity (Wildman–Crippen MR) is 125 cm³/mol. The number of hydrogen-bond acceptors (Lipinski definition) is 5. The first kappa shape index (κ1) is 25.0. The normalized spacial score (nSPS) is 22.1. The van der Waals surface area contributed by atoms with Gasteiger partial charge < -0.3 is 24.6 Å². The van der Waals surface area contributed by atoms with Crippen LogP contribution in [-0.2, 0) is 20.8 Å². The molecule has 8 nitrogen and oxygen atoms in total. The first-order valence-electron chi connectivity index (χ1n) is 11.8. The highest BCUT2D eigenvalue weighted by Gasteiger charge is 2.30. The third kappa shape index (κ3) is 7.19. The predicted octanol–water partition coefficient (Wildman–Crippen LogP) is 3.20. The van der Waals surface area contributed by atoms with Gasteiger partial charge in [0.05, 0.1) is 12.2 Å². The molecule has 1 N–H and O–H groups in total. The van der Waals surface area contributed by atoms with E-state index in [2.05, 4.69) is 5.32 Å². The largest absolute Gasteiger partial charge is 0.444 e. The fourth-order valence-electron chi connectivity index (χ4n) is 4.28. The molecule has 2 fully saturated rings. The number of nitrogens with one attached hydrogen (secondary N) is 1. The second-order valence-electron chi connectivity index (χ2n) is 10.1. The van der Waals surface area contributed by atoms with Gasteiger partial charge in [-0.25, -0.2) is 4.79 Å². The Labute approximate surface area is 196 Å². The lowest BCUT2D eigenvalue weighted by Gasteiger charge is -2.35. The minimum atomic E-state index is -0.523. The highest BCUT2D eigenvalue weighted by Crippen LogP contribution is 2.20. The number of benzene rings is 1. The van der Waals surface area contributed by atoms with Crippen LogP contribution in [-0.4, -0.2) is 71.7 Å². The van der Waals surface area contributed by atoms with Crippen LogP contribution < -0.4 is 5.32 Å². The maximum absolute atomic E-state index is 12.8. The van der Waals surface area contributed by atoms with E-state index >= 15 is 0 Å². The number of amides is 3. The highest BCUT2D eigenvalue weighted by molar-refractivity contribution is 5.94. The van der Waals surface area contributed by atoms with Gasteiger partial charge in [-0.1, -0.05) is 12.1 Å². The molecule has 182 valence electrons. The SMILES string of the molecule is CC1CN(C(=O)c2ccc(CNC(=O)C3CCN(C(=O)OC(C)(C)C)CC3)cc2)CC(C)O1. The first-order chi connectivity index (χ1) is 15.5. The average Bonchev–Trinajstić information content (AvgIpc) is 2.75. The van der Waals surface area contributed by atoms with Crippen molar-refractivity contribution in [2.24, 2.45) is 5.92 Å². The molecule has 8 heteroatoms. The summed E-state index contributed by atoms with van der Waals surface area (Å²) >= 11 is 0. The minimum absolute atomic E-state index is 0.00401. The van der Waals surface area contributed by atoms with E-state index in [0.717, 1.165) is 5.56 Å². The maximum Gasteiger partial charge on any atom is 0.410 e. The molecule has 0 spiro atoms. The number of rotatable bonds is 4. The third-order valence-electron chi connectivity index (χ3n) is 5.89. The van der Waals surface area contributed by atoms with Crippen LogP contribution in [0, 0.1) is 5.92 Å². The molecular formula is C25H37N3O5. The molecule has 2 atom stereocenters. The minimum Gasteiger partial charge on any atom is -0.444 e. The van der Waals surface area contributed by atoms with Crippen molar-refractivity contribution in [3.63, 3.8) is 0 Å². The summed E-state index contributed by atoms with van der Waals surface area (Å²) < 4.78 is 11.1. The van der Waals surface area contributed by atoms with Crippen LogP contribution in [0.5, 0.6) is 0 Å². The van der Waals surface area contributed by atoms with Gasteiger partial charge in [0.1, 0.15) is 5.60 Å². The molecule has 1 aromatic rings. The van der Waals surface area contributed by atoms with Gasteiger partial charge >= 0.3 is 6.09 Å². The van der Waals surface area contributed by atoms with Gasteiger partial charge in [-0.2, -0.15) is 0 Å². The molecule has 0 radical (unpaired) electrons. The van der Waals surface area contributed by atoms with Crippen LogP contribution in [0.2, 0.25) is 0 Å². The molecule has 0 bridgehead atoms. The Balaban J connectivity index is 1.44. The zero-order valence-corrected chi connectivity index (χ0v) is 20.4. The lowest BCUT2D eigenvalue weighted by molar-refractivity contribution is -0.126.